The Hall–Kier alpha value is -3.81. The van der Waals surface area contributed by atoms with Crippen LogP contribution in [0.1, 0.15) is 11.3 Å². The van der Waals surface area contributed by atoms with Crippen LogP contribution in [0.3, 0.4) is 0 Å². The first-order valence-corrected chi connectivity index (χ1v) is 9.28. The molecule has 0 atom stereocenters. The van der Waals surface area contributed by atoms with Gasteiger partial charge in [0, 0.05) is 42.2 Å². The number of hydrogen-bond donors (Lipinski definition) is 3. The molecular formula is C21H23N7O. The van der Waals surface area contributed by atoms with Gasteiger partial charge < -0.3 is 15.5 Å². The van der Waals surface area contributed by atoms with E-state index in [1.165, 1.54) is 0 Å². The third kappa shape index (κ3) is 3.91. The van der Waals surface area contributed by atoms with Crippen molar-refractivity contribution in [3.8, 4) is 5.75 Å². The van der Waals surface area contributed by atoms with Crippen LogP contribution in [-0.2, 0) is 20.0 Å². The summed E-state index contributed by atoms with van der Waals surface area (Å²) in [5.74, 6) is 1.07. The van der Waals surface area contributed by atoms with Gasteiger partial charge in [-0.3, -0.25) is 4.68 Å². The number of aromatic amines is 1. The number of nitrogens with two attached hydrogens (primary N) is 1. The molecule has 0 bridgehead atoms. The molecule has 8 nitrogen and oxygen atoms in total. The molecule has 4 aromatic rings. The summed E-state index contributed by atoms with van der Waals surface area (Å²) in [5, 5.41) is 10.9. The Bertz CT molecular complexity index is 1200. The molecule has 2 aromatic carbocycles. The summed E-state index contributed by atoms with van der Waals surface area (Å²) < 4.78 is 7.14. The maximum absolute atomic E-state index is 5.93. The van der Waals surface area contributed by atoms with Crippen LogP contribution in [0.25, 0.3) is 21.8 Å². The lowest BCUT2D eigenvalue weighted by Crippen LogP contribution is -2.27. The Labute approximate surface area is 168 Å². The van der Waals surface area contributed by atoms with Gasteiger partial charge in [-0.25, -0.2) is 10.4 Å². The maximum Gasteiger partial charge on any atom is 0.209 e. The number of aromatic nitrogens is 3. The van der Waals surface area contributed by atoms with Crippen LogP contribution in [0.15, 0.2) is 58.8 Å². The molecule has 148 valence electrons. The van der Waals surface area contributed by atoms with E-state index >= 15 is 0 Å². The minimum absolute atomic E-state index is 0.247. The molecule has 0 unspecified atom stereocenters. The lowest BCUT2D eigenvalue weighted by molar-refractivity contribution is 0.415. The number of para-hydroxylation sites is 1. The van der Waals surface area contributed by atoms with E-state index < -0.39 is 0 Å². The van der Waals surface area contributed by atoms with Gasteiger partial charge in [-0.2, -0.15) is 10.2 Å². The Morgan fingerprint density at radius 1 is 1.28 bits per heavy atom. The van der Waals surface area contributed by atoms with E-state index in [1.54, 1.807) is 13.3 Å². The average Bonchev–Trinajstić information content (AvgIpc) is 3.30. The van der Waals surface area contributed by atoms with E-state index in [4.69, 9.17) is 10.5 Å². The molecule has 0 aliphatic carbocycles. The Morgan fingerprint density at radius 3 is 3.00 bits per heavy atom. The molecule has 4 N–H and O–H groups in total. The second kappa shape index (κ2) is 8.05. The van der Waals surface area contributed by atoms with Gasteiger partial charge in [-0.15, -0.1) is 0 Å². The van der Waals surface area contributed by atoms with Crippen LogP contribution in [0.4, 0.5) is 0 Å². The van der Waals surface area contributed by atoms with Crippen LogP contribution in [0.5, 0.6) is 5.75 Å². The Kier molecular flexibility index (Phi) is 5.15. The van der Waals surface area contributed by atoms with Gasteiger partial charge in [0.1, 0.15) is 5.75 Å². The molecule has 0 aliphatic rings. The molecule has 0 saturated heterocycles. The second-order valence-corrected chi connectivity index (χ2v) is 6.64. The molecule has 0 amide bonds. The molecule has 0 radical (unpaired) electrons. The Morgan fingerprint density at radius 2 is 2.14 bits per heavy atom. The first-order chi connectivity index (χ1) is 14.2. The smallest absolute Gasteiger partial charge is 0.209 e. The Balaban J connectivity index is 1.38. The van der Waals surface area contributed by atoms with Crippen molar-refractivity contribution in [2.24, 2.45) is 22.9 Å². The number of aryl methyl sites for hydroxylation is 1. The van der Waals surface area contributed by atoms with Crippen LogP contribution in [0.2, 0.25) is 0 Å². The molecule has 0 spiro atoms. The molecule has 2 aromatic heterocycles. The summed E-state index contributed by atoms with van der Waals surface area (Å²) in [6, 6.07) is 14.0. The second-order valence-electron chi connectivity index (χ2n) is 6.64. The highest BCUT2D eigenvalue weighted by molar-refractivity contribution is 5.87. The van der Waals surface area contributed by atoms with E-state index in [2.05, 4.69) is 25.6 Å². The van der Waals surface area contributed by atoms with Crippen molar-refractivity contribution in [3.05, 3.63) is 59.9 Å². The zero-order chi connectivity index (χ0) is 20.2. The number of guanidine groups is 1. The lowest BCUT2D eigenvalue weighted by atomic mass is 10.1. The fourth-order valence-corrected chi connectivity index (χ4v) is 3.31. The predicted molar refractivity (Wildman–Crippen MR) is 116 cm³/mol. The number of hydrazone groups is 1. The number of methoxy groups -OCH3 is 1. The molecule has 0 aliphatic heterocycles. The number of nitrogens with zero attached hydrogens (tertiary/aromatic N) is 4. The normalized spacial score (nSPS) is 12.3. The van der Waals surface area contributed by atoms with Gasteiger partial charge in [0.2, 0.25) is 5.96 Å². The fraction of sp³-hybridized carbons (Fsp3) is 0.190. The van der Waals surface area contributed by atoms with E-state index in [9.17, 15) is 0 Å². The van der Waals surface area contributed by atoms with Gasteiger partial charge in [0.05, 0.1) is 24.9 Å². The predicted octanol–water partition coefficient (Wildman–Crippen LogP) is 2.70. The highest BCUT2D eigenvalue weighted by Gasteiger charge is 2.07. The van der Waals surface area contributed by atoms with Crippen molar-refractivity contribution in [3.63, 3.8) is 0 Å². The number of rotatable bonds is 6. The summed E-state index contributed by atoms with van der Waals surface area (Å²) in [5.41, 5.74) is 12.8. The van der Waals surface area contributed by atoms with Crippen molar-refractivity contribution in [1.29, 1.82) is 0 Å². The first kappa shape index (κ1) is 18.5. The van der Waals surface area contributed by atoms with Crippen LogP contribution in [-0.4, -0.2) is 34.0 Å². The highest BCUT2D eigenvalue weighted by atomic mass is 16.5. The molecular weight excluding hydrogens is 366 g/mol. The van der Waals surface area contributed by atoms with Crippen molar-refractivity contribution < 1.29 is 4.74 Å². The standard InChI is InChI=1S/C21H23N7O/c1-28-20-6-4-3-5-16(20)19(27-28)13-24-21(22)26-25-10-9-14-12-23-18-8-7-15(29-2)11-17(14)18/h3-8,10-12,23H,9,13H2,1-2H3,(H3,22,24,26)/b25-10+. The molecule has 0 saturated carbocycles. The van der Waals surface area contributed by atoms with Crippen molar-refractivity contribution in [1.82, 2.24) is 20.2 Å². The fourth-order valence-electron chi connectivity index (χ4n) is 3.31. The molecule has 8 heteroatoms. The van der Waals surface area contributed by atoms with E-state index in [0.29, 0.717) is 13.0 Å². The number of benzene rings is 2. The summed E-state index contributed by atoms with van der Waals surface area (Å²) in [7, 11) is 3.58. The van der Waals surface area contributed by atoms with Gasteiger partial charge in [0.25, 0.3) is 0 Å². The monoisotopic (exact) mass is 389 g/mol. The largest absolute Gasteiger partial charge is 0.497 e. The van der Waals surface area contributed by atoms with Gasteiger partial charge in [-0.1, -0.05) is 18.2 Å². The van der Waals surface area contributed by atoms with Crippen LogP contribution < -0.4 is 15.9 Å². The quantitative estimate of drug-likeness (QED) is 0.268. The zero-order valence-electron chi connectivity index (χ0n) is 16.4. The highest BCUT2D eigenvalue weighted by Crippen LogP contribution is 2.23. The van der Waals surface area contributed by atoms with Crippen LogP contribution >= 0.6 is 0 Å². The first-order valence-electron chi connectivity index (χ1n) is 9.28. The summed E-state index contributed by atoms with van der Waals surface area (Å²) in [4.78, 5) is 7.59. The third-order valence-electron chi connectivity index (χ3n) is 4.79. The third-order valence-corrected chi connectivity index (χ3v) is 4.79. The summed E-state index contributed by atoms with van der Waals surface area (Å²) >= 11 is 0. The minimum Gasteiger partial charge on any atom is -0.497 e. The average molecular weight is 389 g/mol. The van der Waals surface area contributed by atoms with Gasteiger partial charge in [-0.05, 0) is 29.8 Å². The van der Waals surface area contributed by atoms with Crippen molar-refractivity contribution in [2.45, 2.75) is 13.0 Å². The van der Waals surface area contributed by atoms with E-state index in [0.717, 1.165) is 38.8 Å². The van der Waals surface area contributed by atoms with Gasteiger partial charge in [0.15, 0.2) is 0 Å². The molecule has 4 rings (SSSR count). The molecule has 2 heterocycles. The number of H-pyrrole nitrogens is 1. The topological polar surface area (TPSA) is 106 Å². The summed E-state index contributed by atoms with van der Waals surface area (Å²) in [6.45, 7) is 0.387. The number of nitrogens with one attached hydrogen (secondary N) is 2. The number of aliphatic imine (C=N–C) groups is 1. The SMILES string of the molecule is COc1ccc2[nH]cc(C/C=N/NC(N)=NCc3nn(C)c4ccccc34)c2c1. The summed E-state index contributed by atoms with van der Waals surface area (Å²) in [6.07, 6.45) is 4.39. The van der Waals surface area contributed by atoms with E-state index in [1.807, 2.05) is 60.4 Å². The minimum atomic E-state index is 0.247. The van der Waals surface area contributed by atoms with Crippen molar-refractivity contribution in [2.75, 3.05) is 7.11 Å². The van der Waals surface area contributed by atoms with Crippen LogP contribution in [0, 0.1) is 0 Å². The maximum atomic E-state index is 5.93. The zero-order valence-corrected chi connectivity index (χ0v) is 16.4. The molecule has 29 heavy (non-hydrogen) atoms. The van der Waals surface area contributed by atoms with Gasteiger partial charge >= 0.3 is 0 Å². The number of hydrogen-bond acceptors (Lipinski definition) is 4. The van der Waals surface area contributed by atoms with Crippen molar-refractivity contribution >= 4 is 34.0 Å². The molecule has 0 fully saturated rings. The number of fused-ring (bicyclic) bond motifs is 2. The lowest BCUT2D eigenvalue weighted by Gasteiger charge is -2.01. The van der Waals surface area contributed by atoms with E-state index in [-0.39, 0.29) is 5.96 Å². The number of ether oxygens (including phenoxy) is 1.